The Morgan fingerprint density at radius 3 is 2.83 bits per heavy atom. The Morgan fingerprint density at radius 1 is 1.56 bits per heavy atom. The van der Waals surface area contributed by atoms with Crippen LogP contribution in [0.25, 0.3) is 0 Å². The fourth-order valence-corrected chi connectivity index (χ4v) is 2.44. The molecule has 5 nitrogen and oxygen atoms in total. The molecule has 1 aromatic heterocycles. The fourth-order valence-electron chi connectivity index (χ4n) is 1.70. The molecular formula is C12H21N3O2S. The minimum Gasteiger partial charge on any atom is -0.481 e. The van der Waals surface area contributed by atoms with E-state index in [4.69, 9.17) is 5.11 Å². The highest BCUT2D eigenvalue weighted by atomic mass is 32.2. The van der Waals surface area contributed by atoms with Crippen molar-refractivity contribution in [1.29, 1.82) is 0 Å². The van der Waals surface area contributed by atoms with Gasteiger partial charge in [-0.05, 0) is 33.5 Å². The van der Waals surface area contributed by atoms with Crippen molar-refractivity contribution in [2.24, 2.45) is 0 Å². The highest BCUT2D eigenvalue weighted by Gasteiger charge is 2.10. The van der Waals surface area contributed by atoms with E-state index in [1.807, 2.05) is 6.20 Å². The van der Waals surface area contributed by atoms with Crippen molar-refractivity contribution in [3.8, 4) is 0 Å². The second-order valence-corrected chi connectivity index (χ2v) is 5.32. The number of carboxylic acid groups (broad SMARTS) is 1. The van der Waals surface area contributed by atoms with Crippen molar-refractivity contribution >= 4 is 17.7 Å². The van der Waals surface area contributed by atoms with E-state index in [1.165, 1.54) is 17.5 Å². The molecule has 1 N–H and O–H groups in total. The Morgan fingerprint density at radius 2 is 2.28 bits per heavy atom. The van der Waals surface area contributed by atoms with Crippen LogP contribution in [0.15, 0.2) is 11.4 Å². The summed E-state index contributed by atoms with van der Waals surface area (Å²) < 4.78 is 2.14. The van der Waals surface area contributed by atoms with Gasteiger partial charge < -0.3 is 14.6 Å². The Hall–Kier alpha value is -1.01. The molecule has 0 aromatic carbocycles. The summed E-state index contributed by atoms with van der Waals surface area (Å²) in [5.41, 5.74) is 1.17. The van der Waals surface area contributed by atoms with E-state index in [-0.39, 0.29) is 5.75 Å². The van der Waals surface area contributed by atoms with Gasteiger partial charge in [0.25, 0.3) is 0 Å². The van der Waals surface area contributed by atoms with Gasteiger partial charge in [-0.25, -0.2) is 4.98 Å². The fraction of sp³-hybridized carbons (Fsp3) is 0.667. The zero-order valence-corrected chi connectivity index (χ0v) is 12.0. The van der Waals surface area contributed by atoms with Crippen LogP contribution in [0.2, 0.25) is 0 Å². The van der Waals surface area contributed by atoms with Crippen LogP contribution < -0.4 is 0 Å². The maximum Gasteiger partial charge on any atom is 0.313 e. The quantitative estimate of drug-likeness (QED) is 0.727. The SMILES string of the molecule is CCc1cnc(SCC(=O)O)n1CCCN(C)C. The van der Waals surface area contributed by atoms with Crippen LogP contribution in [0.3, 0.4) is 0 Å². The third-order valence-corrected chi connectivity index (χ3v) is 3.55. The number of aromatic nitrogens is 2. The molecule has 0 saturated heterocycles. The number of imidazole rings is 1. The Balaban J connectivity index is 2.65. The largest absolute Gasteiger partial charge is 0.481 e. The van der Waals surface area contributed by atoms with Crippen molar-refractivity contribution in [1.82, 2.24) is 14.5 Å². The lowest BCUT2D eigenvalue weighted by Crippen LogP contribution is -2.16. The Labute approximate surface area is 112 Å². The van der Waals surface area contributed by atoms with E-state index < -0.39 is 5.97 Å². The molecular weight excluding hydrogens is 250 g/mol. The Bertz CT molecular complexity index is 391. The summed E-state index contributed by atoms with van der Waals surface area (Å²) in [4.78, 5) is 17.1. The number of hydrogen-bond acceptors (Lipinski definition) is 4. The first-order valence-corrected chi connectivity index (χ1v) is 7.06. The summed E-state index contributed by atoms with van der Waals surface area (Å²) in [5.74, 6) is -0.741. The molecule has 1 rings (SSSR count). The molecule has 0 unspecified atom stereocenters. The molecule has 0 spiro atoms. The molecule has 1 aromatic rings. The van der Waals surface area contributed by atoms with Crippen LogP contribution in [0.5, 0.6) is 0 Å². The van der Waals surface area contributed by atoms with E-state index >= 15 is 0 Å². The Kier molecular flexibility index (Phi) is 6.21. The summed E-state index contributed by atoms with van der Waals surface area (Å²) in [6.07, 6.45) is 3.80. The maximum atomic E-state index is 10.6. The lowest BCUT2D eigenvalue weighted by molar-refractivity contribution is -0.133. The predicted molar refractivity (Wildman–Crippen MR) is 73.1 cm³/mol. The van der Waals surface area contributed by atoms with E-state index in [9.17, 15) is 4.79 Å². The maximum absolute atomic E-state index is 10.6. The van der Waals surface area contributed by atoms with Gasteiger partial charge in [-0.1, -0.05) is 18.7 Å². The molecule has 0 aliphatic carbocycles. The van der Waals surface area contributed by atoms with Gasteiger partial charge in [-0.2, -0.15) is 0 Å². The number of carbonyl (C=O) groups is 1. The summed E-state index contributed by atoms with van der Waals surface area (Å²) in [7, 11) is 4.10. The van der Waals surface area contributed by atoms with E-state index in [1.54, 1.807) is 0 Å². The summed E-state index contributed by atoms with van der Waals surface area (Å²) in [6, 6.07) is 0. The van der Waals surface area contributed by atoms with Crippen molar-refractivity contribution < 1.29 is 9.90 Å². The van der Waals surface area contributed by atoms with Crippen LogP contribution in [0.1, 0.15) is 19.0 Å². The molecule has 1 heterocycles. The van der Waals surface area contributed by atoms with E-state index in [0.29, 0.717) is 0 Å². The normalized spacial score (nSPS) is 11.1. The van der Waals surface area contributed by atoms with Crippen LogP contribution in [-0.4, -0.2) is 51.9 Å². The molecule has 0 aliphatic rings. The summed E-state index contributed by atoms with van der Waals surface area (Å²) in [5, 5.41) is 9.53. The molecule has 0 radical (unpaired) electrons. The highest BCUT2D eigenvalue weighted by Crippen LogP contribution is 2.19. The van der Waals surface area contributed by atoms with Gasteiger partial charge in [0.1, 0.15) is 0 Å². The monoisotopic (exact) mass is 271 g/mol. The van der Waals surface area contributed by atoms with Crippen LogP contribution >= 0.6 is 11.8 Å². The first-order chi connectivity index (χ1) is 8.54. The van der Waals surface area contributed by atoms with Gasteiger partial charge in [0.2, 0.25) is 0 Å². The molecule has 0 bridgehead atoms. The third kappa shape index (κ3) is 4.70. The molecule has 0 saturated carbocycles. The zero-order valence-electron chi connectivity index (χ0n) is 11.2. The summed E-state index contributed by atoms with van der Waals surface area (Å²) >= 11 is 1.29. The molecule has 18 heavy (non-hydrogen) atoms. The van der Waals surface area contributed by atoms with Crippen molar-refractivity contribution in [3.05, 3.63) is 11.9 Å². The van der Waals surface area contributed by atoms with Crippen molar-refractivity contribution in [2.75, 3.05) is 26.4 Å². The van der Waals surface area contributed by atoms with E-state index in [2.05, 4.69) is 35.5 Å². The van der Waals surface area contributed by atoms with Crippen molar-refractivity contribution in [2.45, 2.75) is 31.5 Å². The summed E-state index contributed by atoms with van der Waals surface area (Å²) in [6.45, 7) is 4.00. The number of rotatable bonds is 8. The number of hydrogen-bond donors (Lipinski definition) is 1. The van der Waals surface area contributed by atoms with Gasteiger partial charge >= 0.3 is 5.97 Å². The lowest BCUT2D eigenvalue weighted by Gasteiger charge is -2.13. The smallest absolute Gasteiger partial charge is 0.313 e. The average Bonchev–Trinajstić information content (AvgIpc) is 2.68. The predicted octanol–water partition coefficient (Wildman–Crippen LogP) is 1.57. The zero-order chi connectivity index (χ0) is 13.5. The minimum atomic E-state index is -0.805. The van der Waals surface area contributed by atoms with Crippen molar-refractivity contribution in [3.63, 3.8) is 0 Å². The number of thioether (sulfide) groups is 1. The number of nitrogens with zero attached hydrogens (tertiary/aromatic N) is 3. The van der Waals surface area contributed by atoms with Gasteiger partial charge in [-0.3, -0.25) is 4.79 Å². The molecule has 102 valence electrons. The lowest BCUT2D eigenvalue weighted by atomic mass is 10.3. The highest BCUT2D eigenvalue weighted by molar-refractivity contribution is 7.99. The average molecular weight is 271 g/mol. The molecule has 0 atom stereocenters. The second kappa shape index (κ2) is 7.43. The third-order valence-electron chi connectivity index (χ3n) is 2.58. The first-order valence-electron chi connectivity index (χ1n) is 6.08. The molecule has 0 amide bonds. The topological polar surface area (TPSA) is 58.4 Å². The number of aryl methyl sites for hydroxylation is 1. The van der Waals surface area contributed by atoms with Gasteiger partial charge in [0.15, 0.2) is 5.16 Å². The molecule has 0 aliphatic heterocycles. The van der Waals surface area contributed by atoms with E-state index in [0.717, 1.165) is 31.1 Å². The standard InChI is InChI=1S/C12H21N3O2S/c1-4-10-8-13-12(18-9-11(16)17)15(10)7-5-6-14(2)3/h8H,4-7,9H2,1-3H3,(H,16,17). The van der Waals surface area contributed by atoms with Crippen LogP contribution in [0, 0.1) is 0 Å². The first kappa shape index (κ1) is 15.0. The van der Waals surface area contributed by atoms with Crippen LogP contribution in [-0.2, 0) is 17.8 Å². The van der Waals surface area contributed by atoms with Crippen LogP contribution in [0.4, 0.5) is 0 Å². The number of carboxylic acids is 1. The minimum absolute atomic E-state index is 0.0633. The second-order valence-electron chi connectivity index (χ2n) is 4.38. The van der Waals surface area contributed by atoms with Gasteiger partial charge in [0.05, 0.1) is 5.75 Å². The molecule has 0 fully saturated rings. The number of aliphatic carboxylic acids is 1. The van der Waals surface area contributed by atoms with Gasteiger partial charge in [-0.15, -0.1) is 0 Å². The molecule has 6 heteroatoms. The van der Waals surface area contributed by atoms with Gasteiger partial charge in [0, 0.05) is 18.4 Å².